The first-order chi connectivity index (χ1) is 8.27. The fraction of sp³-hybridized carbons (Fsp3) is 0.200. The molecule has 98 valence electrons. The largest absolute Gasteiger partial charge is 1.00 e. The minimum absolute atomic E-state index is 0. The molecule has 0 bridgehead atoms. The van der Waals surface area contributed by atoms with Crippen LogP contribution in [0.15, 0.2) is 48.5 Å². The van der Waals surface area contributed by atoms with Crippen molar-refractivity contribution >= 4 is 5.92 Å². The van der Waals surface area contributed by atoms with Gasteiger partial charge in [0, 0.05) is 0 Å². The van der Waals surface area contributed by atoms with Crippen LogP contribution in [0, 0.1) is 0 Å². The summed E-state index contributed by atoms with van der Waals surface area (Å²) < 4.78 is 0.831. The Morgan fingerprint density at radius 2 is 1.21 bits per heavy atom. The molecule has 0 spiro atoms. The average molecular weight is 387 g/mol. The summed E-state index contributed by atoms with van der Waals surface area (Å²) in [6, 6.07) is 18.1. The fourth-order valence-electron chi connectivity index (χ4n) is 2.67. The Morgan fingerprint density at radius 3 is 1.63 bits per heavy atom. The second-order valence-electron chi connectivity index (χ2n) is 4.93. The second kappa shape index (κ2) is 7.22. The van der Waals surface area contributed by atoms with Gasteiger partial charge in [-0.3, -0.25) is 0 Å². The van der Waals surface area contributed by atoms with Crippen molar-refractivity contribution in [3.8, 4) is 11.1 Å². The summed E-state index contributed by atoms with van der Waals surface area (Å²) in [4.78, 5) is 0. The second-order valence-corrected chi connectivity index (χ2v) is 20.0. The predicted octanol–water partition coefficient (Wildman–Crippen LogP) is -2.17. The van der Waals surface area contributed by atoms with Gasteiger partial charge in [0.2, 0.25) is 0 Å². The summed E-state index contributed by atoms with van der Waals surface area (Å²) in [5.74, 6) is -0.371. The van der Waals surface area contributed by atoms with Gasteiger partial charge >= 0.3 is 116 Å². The molecule has 0 nitrogen and oxygen atoms in total. The zero-order valence-corrected chi connectivity index (χ0v) is 16.2. The number of hydrogen-bond acceptors (Lipinski definition) is 0. The molecule has 19 heavy (non-hydrogen) atoms. The summed E-state index contributed by atoms with van der Waals surface area (Å²) >= 11 is -0.256. The average Bonchev–Trinajstić information content (AvgIpc) is 2.65. The van der Waals surface area contributed by atoms with Crippen LogP contribution >= 0.6 is 0 Å². The van der Waals surface area contributed by atoms with Crippen LogP contribution in [-0.4, -0.2) is 5.92 Å². The number of halogens is 2. The summed E-state index contributed by atoms with van der Waals surface area (Å²) in [7, 11) is 0. The normalized spacial score (nSPS) is 11.9. The molecule has 0 aliphatic heterocycles. The Labute approximate surface area is 140 Å². The van der Waals surface area contributed by atoms with E-state index in [1.807, 2.05) is 0 Å². The fourth-order valence-corrected chi connectivity index (χ4v) is 12.5. The first kappa shape index (κ1) is 17.2. The van der Waals surface area contributed by atoms with Crippen molar-refractivity contribution in [2.75, 3.05) is 0 Å². The summed E-state index contributed by atoms with van der Waals surface area (Å²) in [6.07, 6.45) is 0. The molecule has 0 heterocycles. The van der Waals surface area contributed by atoms with Crippen molar-refractivity contribution in [2.45, 2.75) is 16.7 Å². The third-order valence-electron chi connectivity index (χ3n) is 3.33. The molecule has 3 rings (SSSR count). The van der Waals surface area contributed by atoms with Crippen LogP contribution in [0.5, 0.6) is 0 Å². The van der Waals surface area contributed by atoms with Gasteiger partial charge in [-0.05, 0) is 0 Å². The summed E-state index contributed by atoms with van der Waals surface area (Å²) in [5.41, 5.74) is 6.26. The van der Waals surface area contributed by atoms with Crippen LogP contribution in [0.1, 0.15) is 14.8 Å². The van der Waals surface area contributed by atoms with E-state index in [1.165, 1.54) is 11.1 Å². The Morgan fingerprint density at radius 1 is 0.789 bits per heavy atom. The predicted molar refractivity (Wildman–Crippen MR) is 72.6 cm³/mol. The van der Waals surface area contributed by atoms with Crippen LogP contribution in [0.2, 0.25) is 13.1 Å². The molecule has 0 unspecified atom stereocenters. The molecule has 2 aromatic carbocycles. The van der Waals surface area contributed by atoms with Gasteiger partial charge in [0.15, 0.2) is 0 Å². The molecule has 0 fully saturated rings. The standard InChI is InChI=1S/C13H9.C2H7Si.2ClH.Zr/c1-3-7-12-10(5-1)9-11-6-2-4-8-13(11)12;1-3-2;;;/h1-9H;3H,1-2H3;2*1H;/q;;;;+2/p-2. The zero-order valence-electron chi connectivity index (χ0n) is 11.0. The van der Waals surface area contributed by atoms with Crippen molar-refractivity contribution in [3.63, 3.8) is 0 Å². The smallest absolute Gasteiger partial charge is 1.00 e. The molecule has 2 aromatic rings. The van der Waals surface area contributed by atoms with Gasteiger partial charge in [0.25, 0.3) is 0 Å². The van der Waals surface area contributed by atoms with Crippen molar-refractivity contribution < 1.29 is 47.2 Å². The van der Waals surface area contributed by atoms with Gasteiger partial charge in [-0.1, -0.05) is 0 Å². The van der Waals surface area contributed by atoms with Gasteiger partial charge in [0.1, 0.15) is 0 Å². The van der Waals surface area contributed by atoms with Gasteiger partial charge in [-0.2, -0.15) is 0 Å². The van der Waals surface area contributed by atoms with E-state index in [9.17, 15) is 0 Å². The Kier molecular flexibility index (Phi) is 6.53. The Bertz CT molecular complexity index is 512. The maximum absolute atomic E-state index is 2.52. The van der Waals surface area contributed by atoms with Gasteiger partial charge in [-0.25, -0.2) is 0 Å². The number of benzene rings is 2. The van der Waals surface area contributed by atoms with Crippen LogP contribution < -0.4 is 24.8 Å². The minimum atomic E-state index is -0.371. The molecule has 4 heteroatoms. The van der Waals surface area contributed by atoms with Gasteiger partial charge in [-0.15, -0.1) is 0 Å². The van der Waals surface area contributed by atoms with Crippen molar-refractivity contribution in [2.24, 2.45) is 0 Å². The van der Waals surface area contributed by atoms with E-state index < -0.39 is 0 Å². The van der Waals surface area contributed by atoms with E-state index in [-0.39, 0.29) is 53.1 Å². The van der Waals surface area contributed by atoms with E-state index in [0.717, 1.165) is 3.63 Å². The van der Waals surface area contributed by atoms with Crippen molar-refractivity contribution in [1.29, 1.82) is 0 Å². The molecular formula is C15H16Cl2SiZr. The Hall–Kier alpha value is 0.120. The molecule has 0 saturated carbocycles. The molecule has 1 aliphatic carbocycles. The number of rotatable bonds is 2. The topological polar surface area (TPSA) is 0 Å². The number of fused-ring (bicyclic) bond motifs is 3. The molecule has 1 aliphatic rings. The van der Waals surface area contributed by atoms with E-state index in [2.05, 4.69) is 61.6 Å². The molecular weight excluding hydrogens is 370 g/mol. The zero-order chi connectivity index (χ0) is 11.8. The van der Waals surface area contributed by atoms with Crippen LogP contribution in [0.25, 0.3) is 11.1 Å². The monoisotopic (exact) mass is 384 g/mol. The van der Waals surface area contributed by atoms with Crippen LogP contribution in [-0.2, 0) is 22.4 Å². The van der Waals surface area contributed by atoms with E-state index in [0.29, 0.717) is 0 Å². The molecule has 0 N–H and O–H groups in total. The molecule has 0 amide bonds. The van der Waals surface area contributed by atoms with E-state index >= 15 is 0 Å². The maximum Gasteiger partial charge on any atom is -1.00 e. The van der Waals surface area contributed by atoms with Crippen molar-refractivity contribution in [3.05, 3.63) is 59.7 Å². The molecule has 0 saturated heterocycles. The molecule has 0 radical (unpaired) electrons. The van der Waals surface area contributed by atoms with Crippen molar-refractivity contribution in [1.82, 2.24) is 0 Å². The summed E-state index contributed by atoms with van der Waals surface area (Å²) in [6.45, 7) is 5.05. The maximum atomic E-state index is 2.52. The molecule has 0 atom stereocenters. The first-order valence-electron chi connectivity index (χ1n) is 6.21. The van der Waals surface area contributed by atoms with E-state index in [1.54, 1.807) is 11.1 Å². The van der Waals surface area contributed by atoms with Crippen LogP contribution in [0.4, 0.5) is 0 Å². The Balaban J connectivity index is 0.000000902. The first-order valence-corrected chi connectivity index (χ1v) is 14.8. The quantitative estimate of drug-likeness (QED) is 0.516. The van der Waals surface area contributed by atoms with Crippen LogP contribution in [0.3, 0.4) is 0 Å². The van der Waals surface area contributed by atoms with Gasteiger partial charge < -0.3 is 24.8 Å². The minimum Gasteiger partial charge on any atom is -1.00 e. The third kappa shape index (κ3) is 3.24. The third-order valence-corrected chi connectivity index (χ3v) is 13.2. The summed E-state index contributed by atoms with van der Waals surface area (Å²) in [5, 5.41) is 0. The number of hydrogen-bond donors (Lipinski definition) is 0. The SMILES string of the molecule is C[SiH](C)[Zr+2][CH]1c2ccccc2-c2ccccc21.[Cl-].[Cl-]. The van der Waals surface area contributed by atoms with E-state index in [4.69, 9.17) is 0 Å². The molecule has 0 aromatic heterocycles. The van der Waals surface area contributed by atoms with Gasteiger partial charge in [0.05, 0.1) is 0 Å².